The van der Waals surface area contributed by atoms with E-state index in [2.05, 4.69) is 4.98 Å². The minimum absolute atomic E-state index is 0.0901. The molecule has 0 atom stereocenters. The van der Waals surface area contributed by atoms with Crippen LogP contribution in [0.25, 0.3) is 0 Å². The largest absolute Gasteiger partial charge is 0.476 e. The summed E-state index contributed by atoms with van der Waals surface area (Å²) in [6, 6.07) is 8.28. The van der Waals surface area contributed by atoms with Crippen LogP contribution in [0.3, 0.4) is 0 Å². The van der Waals surface area contributed by atoms with Crippen LogP contribution in [-0.4, -0.2) is 24.5 Å². The van der Waals surface area contributed by atoms with Gasteiger partial charge in [0.1, 0.15) is 5.00 Å². The molecule has 6 nitrogen and oxygen atoms in total. The third kappa shape index (κ3) is 2.74. The summed E-state index contributed by atoms with van der Waals surface area (Å²) in [6.45, 7) is 1.63. The second-order valence-electron chi connectivity index (χ2n) is 3.58. The van der Waals surface area contributed by atoms with E-state index in [1.54, 1.807) is 37.3 Å². The van der Waals surface area contributed by atoms with Crippen molar-refractivity contribution in [1.82, 2.24) is 4.98 Å². The minimum atomic E-state index is -3.00. The number of anilines is 2. The van der Waals surface area contributed by atoms with Gasteiger partial charge >= 0.3 is 5.97 Å². The van der Waals surface area contributed by atoms with Gasteiger partial charge in [-0.05, 0) is 19.1 Å². The Labute approximate surface area is 115 Å². The van der Waals surface area contributed by atoms with Crippen molar-refractivity contribution in [3.8, 4) is 0 Å². The molecule has 2 aromatic rings. The van der Waals surface area contributed by atoms with Crippen LogP contribution in [0, 0.1) is 6.92 Å². The molecular weight excluding hydrogens is 288 g/mol. The summed E-state index contributed by atoms with van der Waals surface area (Å²) in [5, 5.41) is 9.66. The number of carbonyl (C=O) groups is 1. The molecule has 100 valence electrons. The second kappa shape index (κ2) is 5.37. The van der Waals surface area contributed by atoms with Crippen LogP contribution in [0.2, 0.25) is 0 Å². The van der Waals surface area contributed by atoms with Gasteiger partial charge in [0.15, 0.2) is 5.69 Å². The summed E-state index contributed by atoms with van der Waals surface area (Å²) in [4.78, 5) is 15.0. The first-order valence-corrected chi connectivity index (χ1v) is 7.15. The van der Waals surface area contributed by atoms with Crippen molar-refractivity contribution in [3.63, 3.8) is 0 Å². The van der Waals surface area contributed by atoms with Crippen LogP contribution in [0.4, 0.5) is 10.7 Å². The predicted octanol–water partition coefficient (Wildman–Crippen LogP) is 1.81. The number of benzene rings is 1. The number of rotatable bonds is 4. The van der Waals surface area contributed by atoms with Gasteiger partial charge in [0.2, 0.25) is 10.9 Å². The first-order chi connectivity index (χ1) is 9.00. The molecule has 0 unspecified atom stereocenters. The number of carboxylic acid groups (broad SMARTS) is 1. The van der Waals surface area contributed by atoms with Crippen LogP contribution in [-0.2, 0) is 10.9 Å². The highest BCUT2D eigenvalue weighted by Crippen LogP contribution is 2.34. The van der Waals surface area contributed by atoms with Crippen LogP contribution in [0.15, 0.2) is 30.3 Å². The molecule has 0 aliphatic heterocycles. The van der Waals surface area contributed by atoms with E-state index >= 15 is 0 Å². The molecule has 8 heteroatoms. The van der Waals surface area contributed by atoms with Gasteiger partial charge in [-0.15, -0.1) is 0 Å². The molecule has 1 aromatic carbocycles. The molecule has 0 radical (unpaired) electrons. The quantitative estimate of drug-likeness (QED) is 0.841. The Hall–Kier alpha value is -1.93. The number of nitrogens with zero attached hydrogens (tertiary/aromatic N) is 2. The lowest BCUT2D eigenvalue weighted by molar-refractivity contribution is 0.0692. The van der Waals surface area contributed by atoms with E-state index in [0.29, 0.717) is 10.7 Å². The monoisotopic (exact) mass is 298 g/mol. The first kappa shape index (κ1) is 13.5. The van der Waals surface area contributed by atoms with E-state index in [9.17, 15) is 13.2 Å². The number of aromatic nitrogens is 1. The fraction of sp³-hybridized carbons (Fsp3) is 0.0909. The van der Waals surface area contributed by atoms with Crippen molar-refractivity contribution in [1.29, 1.82) is 0 Å². The number of para-hydroxylation sites is 1. The fourth-order valence-corrected chi connectivity index (χ4v) is 3.28. The molecule has 0 saturated heterocycles. The van der Waals surface area contributed by atoms with Gasteiger partial charge in [0.05, 0.1) is 10.7 Å². The third-order valence-electron chi connectivity index (χ3n) is 2.28. The highest BCUT2D eigenvalue weighted by Gasteiger charge is 2.24. The maximum absolute atomic E-state index is 11.4. The van der Waals surface area contributed by atoms with Gasteiger partial charge in [-0.3, -0.25) is 0 Å². The Kier molecular flexibility index (Phi) is 3.82. The third-order valence-corrected chi connectivity index (χ3v) is 4.12. The Morgan fingerprint density at radius 1 is 1.32 bits per heavy atom. The first-order valence-electron chi connectivity index (χ1n) is 5.21. The number of carboxylic acids is 1. The maximum Gasteiger partial charge on any atom is 0.357 e. The van der Waals surface area contributed by atoms with Gasteiger partial charge in [0.25, 0.3) is 0 Å². The highest BCUT2D eigenvalue weighted by molar-refractivity contribution is 7.74. The van der Waals surface area contributed by atoms with Crippen molar-refractivity contribution in [2.24, 2.45) is 0 Å². The molecule has 1 N–H and O–H groups in total. The Morgan fingerprint density at radius 2 is 1.95 bits per heavy atom. The van der Waals surface area contributed by atoms with Crippen LogP contribution < -0.4 is 4.31 Å². The van der Waals surface area contributed by atoms with Gasteiger partial charge in [-0.2, -0.15) is 0 Å². The number of thiol groups is 1. The second-order valence-corrected chi connectivity index (χ2v) is 5.63. The smallest absolute Gasteiger partial charge is 0.357 e. The number of thiazole rings is 1. The van der Waals surface area contributed by atoms with E-state index in [1.807, 2.05) is 0 Å². The Bertz CT molecular complexity index is 671. The van der Waals surface area contributed by atoms with E-state index in [4.69, 9.17) is 5.11 Å². The number of hydrogen-bond donors (Lipinski definition) is 2. The van der Waals surface area contributed by atoms with Gasteiger partial charge in [-0.25, -0.2) is 22.5 Å². The topological polar surface area (TPSA) is 87.6 Å². The van der Waals surface area contributed by atoms with Gasteiger partial charge in [-0.1, -0.05) is 29.5 Å². The summed E-state index contributed by atoms with van der Waals surface area (Å²) in [5.41, 5.74) is 0.121. The van der Waals surface area contributed by atoms with Crippen molar-refractivity contribution in [2.75, 3.05) is 4.31 Å². The molecule has 19 heavy (non-hydrogen) atoms. The van der Waals surface area contributed by atoms with Gasteiger partial charge in [0, 0.05) is 0 Å². The summed E-state index contributed by atoms with van der Waals surface area (Å²) < 4.78 is 23.8. The van der Waals surface area contributed by atoms with Crippen molar-refractivity contribution >= 4 is 38.9 Å². The molecule has 2 rings (SSSR count). The normalized spacial score (nSPS) is 10.6. The SMILES string of the molecule is Cc1nc(C(=O)O)c(N(c2ccccc2)[SH](=O)=O)s1. The van der Waals surface area contributed by atoms with Crippen molar-refractivity contribution < 1.29 is 18.3 Å². The molecule has 1 aromatic heterocycles. The summed E-state index contributed by atoms with van der Waals surface area (Å²) in [7, 11) is -3.00. The van der Waals surface area contributed by atoms with Crippen LogP contribution in [0.5, 0.6) is 0 Å². The molecule has 0 aliphatic rings. The number of aryl methyl sites for hydroxylation is 1. The molecule has 0 aliphatic carbocycles. The molecule has 0 fully saturated rings. The van der Waals surface area contributed by atoms with Crippen molar-refractivity contribution in [3.05, 3.63) is 41.0 Å². The lowest BCUT2D eigenvalue weighted by Gasteiger charge is -2.15. The van der Waals surface area contributed by atoms with Gasteiger partial charge < -0.3 is 5.11 Å². The molecule has 1 heterocycles. The summed E-state index contributed by atoms with van der Waals surface area (Å²) in [6.07, 6.45) is 0. The summed E-state index contributed by atoms with van der Waals surface area (Å²) >= 11 is 1.02. The standard InChI is InChI=1S/C11H10N2O4S2/c1-7-12-9(11(14)15)10(18-7)13(19(16)17)8-5-3-2-4-6-8/h2-6,19H,1H3,(H,14,15). The molecule has 0 amide bonds. The zero-order chi connectivity index (χ0) is 14.0. The van der Waals surface area contributed by atoms with Crippen LogP contribution >= 0.6 is 11.3 Å². The Morgan fingerprint density at radius 3 is 2.47 bits per heavy atom. The predicted molar refractivity (Wildman–Crippen MR) is 72.7 cm³/mol. The number of hydrogen-bond acceptors (Lipinski definition) is 5. The average Bonchev–Trinajstić information content (AvgIpc) is 2.72. The minimum Gasteiger partial charge on any atom is -0.476 e. The molecule has 0 bridgehead atoms. The number of aromatic carboxylic acids is 1. The zero-order valence-electron chi connectivity index (χ0n) is 9.81. The lowest BCUT2D eigenvalue weighted by atomic mass is 10.3. The van der Waals surface area contributed by atoms with E-state index in [0.717, 1.165) is 15.6 Å². The summed E-state index contributed by atoms with van der Waals surface area (Å²) in [5.74, 6) is -1.25. The van der Waals surface area contributed by atoms with E-state index in [1.165, 1.54) is 0 Å². The zero-order valence-corrected chi connectivity index (χ0v) is 11.5. The Balaban J connectivity index is 2.61. The van der Waals surface area contributed by atoms with E-state index in [-0.39, 0.29) is 10.7 Å². The van der Waals surface area contributed by atoms with Crippen molar-refractivity contribution in [2.45, 2.75) is 6.92 Å². The lowest BCUT2D eigenvalue weighted by Crippen LogP contribution is -2.16. The maximum atomic E-state index is 11.4. The van der Waals surface area contributed by atoms with Crippen LogP contribution in [0.1, 0.15) is 15.5 Å². The van der Waals surface area contributed by atoms with E-state index < -0.39 is 16.9 Å². The average molecular weight is 298 g/mol. The highest BCUT2D eigenvalue weighted by atomic mass is 32.2. The molecule has 0 saturated carbocycles. The fourth-order valence-electron chi connectivity index (χ4n) is 1.55. The molecule has 0 spiro atoms. The molecular formula is C11H10N2O4S2.